The normalized spacial score (nSPS) is 10.1. The predicted molar refractivity (Wildman–Crippen MR) is 82.1 cm³/mol. The third-order valence-corrected chi connectivity index (χ3v) is 3.11. The molecule has 0 saturated heterocycles. The lowest BCUT2D eigenvalue weighted by molar-refractivity contribution is -0.116. The van der Waals surface area contributed by atoms with Crippen LogP contribution in [-0.4, -0.2) is 32.0 Å². The molecule has 1 N–H and O–H groups in total. The van der Waals surface area contributed by atoms with Gasteiger partial charge in [-0.25, -0.2) is 0 Å². The van der Waals surface area contributed by atoms with Crippen LogP contribution in [0.15, 0.2) is 47.1 Å². The van der Waals surface area contributed by atoms with Gasteiger partial charge in [0.05, 0.1) is 13.4 Å². The number of hydrogen-bond donors (Lipinski definition) is 1. The highest BCUT2D eigenvalue weighted by atomic mass is 16.5. The fourth-order valence-corrected chi connectivity index (χ4v) is 2.02. The summed E-state index contributed by atoms with van der Waals surface area (Å²) in [5.74, 6) is 0.499. The summed E-state index contributed by atoms with van der Waals surface area (Å²) < 4.78 is 10.2. The Bertz CT molecular complexity index is 637. The van der Waals surface area contributed by atoms with Crippen LogP contribution in [0.1, 0.15) is 17.5 Å². The second-order valence-electron chi connectivity index (χ2n) is 4.61. The fraction of sp³-hybridized carbons (Fsp3) is 0.250. The second-order valence-corrected chi connectivity index (χ2v) is 4.61. The van der Waals surface area contributed by atoms with Crippen LogP contribution < -0.4 is 15.0 Å². The first-order valence-electron chi connectivity index (χ1n) is 6.85. The van der Waals surface area contributed by atoms with E-state index in [9.17, 15) is 9.59 Å². The first kappa shape index (κ1) is 15.6. The molecular formula is C16H18N2O4. The molecule has 0 radical (unpaired) electrons. The summed E-state index contributed by atoms with van der Waals surface area (Å²) in [7, 11) is 1.57. The van der Waals surface area contributed by atoms with Crippen molar-refractivity contribution in [3.05, 3.63) is 48.4 Å². The van der Waals surface area contributed by atoms with Gasteiger partial charge in [0.1, 0.15) is 5.75 Å². The van der Waals surface area contributed by atoms with E-state index in [1.165, 1.54) is 13.2 Å². The smallest absolute Gasteiger partial charge is 0.287 e. The summed E-state index contributed by atoms with van der Waals surface area (Å²) in [5.41, 5.74) is 0.721. The van der Waals surface area contributed by atoms with Crippen molar-refractivity contribution >= 4 is 17.5 Å². The van der Waals surface area contributed by atoms with Crippen LogP contribution in [0.25, 0.3) is 0 Å². The zero-order valence-electron chi connectivity index (χ0n) is 12.5. The standard InChI is InChI=1S/C16H18N2O4/c1-12(19)18(13-5-3-6-14(11-13)21-2)9-8-17-16(20)15-7-4-10-22-15/h3-7,10-11H,8-9H2,1-2H3,(H,17,20). The van der Waals surface area contributed by atoms with Gasteiger partial charge < -0.3 is 19.4 Å². The van der Waals surface area contributed by atoms with E-state index in [-0.39, 0.29) is 17.6 Å². The van der Waals surface area contributed by atoms with Crippen LogP contribution in [-0.2, 0) is 4.79 Å². The number of ether oxygens (including phenoxy) is 1. The number of hydrogen-bond acceptors (Lipinski definition) is 4. The SMILES string of the molecule is COc1cccc(N(CCNC(=O)c2ccco2)C(C)=O)c1. The summed E-state index contributed by atoms with van der Waals surface area (Å²) >= 11 is 0. The summed E-state index contributed by atoms with van der Waals surface area (Å²) in [4.78, 5) is 25.1. The maximum absolute atomic E-state index is 11.8. The van der Waals surface area contributed by atoms with Crippen LogP contribution in [0.5, 0.6) is 5.75 Å². The van der Waals surface area contributed by atoms with Gasteiger partial charge in [0, 0.05) is 31.8 Å². The molecule has 22 heavy (non-hydrogen) atoms. The van der Waals surface area contributed by atoms with Crippen LogP contribution >= 0.6 is 0 Å². The number of furan rings is 1. The number of nitrogens with zero attached hydrogens (tertiary/aromatic N) is 1. The molecule has 2 amide bonds. The summed E-state index contributed by atoms with van der Waals surface area (Å²) in [5, 5.41) is 2.71. The van der Waals surface area contributed by atoms with Gasteiger partial charge in [-0.1, -0.05) is 6.07 Å². The lowest BCUT2D eigenvalue weighted by atomic mass is 10.2. The van der Waals surface area contributed by atoms with Crippen molar-refractivity contribution in [1.82, 2.24) is 5.32 Å². The van der Waals surface area contributed by atoms with Crippen molar-refractivity contribution in [3.63, 3.8) is 0 Å². The van der Waals surface area contributed by atoms with Gasteiger partial charge >= 0.3 is 0 Å². The van der Waals surface area contributed by atoms with Gasteiger partial charge in [-0.05, 0) is 24.3 Å². The van der Waals surface area contributed by atoms with Crippen molar-refractivity contribution < 1.29 is 18.7 Å². The van der Waals surface area contributed by atoms with Crippen LogP contribution in [0.2, 0.25) is 0 Å². The Balaban J connectivity index is 1.97. The highest BCUT2D eigenvalue weighted by Crippen LogP contribution is 2.20. The second kappa shape index (κ2) is 7.31. The number of carbonyl (C=O) groups excluding carboxylic acids is 2. The quantitative estimate of drug-likeness (QED) is 0.886. The maximum atomic E-state index is 11.8. The molecule has 0 fully saturated rings. The molecule has 0 bridgehead atoms. The van der Waals surface area contributed by atoms with Gasteiger partial charge in [0.2, 0.25) is 5.91 Å². The molecule has 6 heteroatoms. The van der Waals surface area contributed by atoms with Crippen LogP contribution in [0.4, 0.5) is 5.69 Å². The third kappa shape index (κ3) is 3.88. The molecule has 2 rings (SSSR count). The average Bonchev–Trinajstić information content (AvgIpc) is 3.05. The molecule has 1 aromatic heterocycles. The minimum Gasteiger partial charge on any atom is -0.497 e. The molecule has 1 heterocycles. The highest BCUT2D eigenvalue weighted by Gasteiger charge is 2.13. The zero-order chi connectivity index (χ0) is 15.9. The van der Waals surface area contributed by atoms with Crippen molar-refractivity contribution in [2.45, 2.75) is 6.92 Å². The first-order valence-corrected chi connectivity index (χ1v) is 6.85. The first-order chi connectivity index (χ1) is 10.6. The number of carbonyl (C=O) groups is 2. The molecule has 2 aromatic rings. The van der Waals surface area contributed by atoms with E-state index in [0.717, 1.165) is 5.69 Å². The summed E-state index contributed by atoms with van der Waals surface area (Å²) in [6.45, 7) is 2.15. The Labute approximate surface area is 128 Å². The van der Waals surface area contributed by atoms with E-state index < -0.39 is 0 Å². The molecule has 0 saturated carbocycles. The third-order valence-electron chi connectivity index (χ3n) is 3.11. The van der Waals surface area contributed by atoms with E-state index in [0.29, 0.717) is 18.8 Å². The highest BCUT2D eigenvalue weighted by molar-refractivity contribution is 5.93. The Morgan fingerprint density at radius 1 is 1.27 bits per heavy atom. The molecule has 0 aliphatic carbocycles. The molecule has 0 spiro atoms. The molecule has 0 unspecified atom stereocenters. The van der Waals surface area contributed by atoms with Gasteiger partial charge in [0.25, 0.3) is 5.91 Å². The summed E-state index contributed by atoms with van der Waals surface area (Å²) in [6.07, 6.45) is 1.44. The van der Waals surface area contributed by atoms with E-state index in [2.05, 4.69) is 5.32 Å². The predicted octanol–water partition coefficient (Wildman–Crippen LogP) is 2.07. The number of benzene rings is 1. The number of rotatable bonds is 6. The lowest BCUT2D eigenvalue weighted by Gasteiger charge is -2.21. The molecule has 0 atom stereocenters. The largest absolute Gasteiger partial charge is 0.497 e. The van der Waals surface area contributed by atoms with E-state index >= 15 is 0 Å². The lowest BCUT2D eigenvalue weighted by Crippen LogP contribution is -2.37. The van der Waals surface area contributed by atoms with Gasteiger partial charge in [-0.15, -0.1) is 0 Å². The fourth-order valence-electron chi connectivity index (χ4n) is 2.02. The number of anilines is 1. The van der Waals surface area contributed by atoms with Gasteiger partial charge in [-0.3, -0.25) is 9.59 Å². The molecule has 116 valence electrons. The van der Waals surface area contributed by atoms with Gasteiger partial charge in [-0.2, -0.15) is 0 Å². The number of methoxy groups -OCH3 is 1. The van der Waals surface area contributed by atoms with E-state index in [4.69, 9.17) is 9.15 Å². The van der Waals surface area contributed by atoms with E-state index in [1.807, 2.05) is 12.1 Å². The Morgan fingerprint density at radius 2 is 2.09 bits per heavy atom. The van der Waals surface area contributed by atoms with Crippen molar-refractivity contribution in [2.75, 3.05) is 25.1 Å². The molecule has 6 nitrogen and oxygen atoms in total. The van der Waals surface area contributed by atoms with Crippen molar-refractivity contribution in [3.8, 4) is 5.75 Å². The summed E-state index contributed by atoms with van der Waals surface area (Å²) in [6, 6.07) is 10.4. The van der Waals surface area contributed by atoms with Crippen molar-refractivity contribution in [1.29, 1.82) is 0 Å². The minimum absolute atomic E-state index is 0.111. The molecule has 0 aliphatic heterocycles. The van der Waals surface area contributed by atoms with Gasteiger partial charge in [0.15, 0.2) is 5.76 Å². The minimum atomic E-state index is -0.306. The topological polar surface area (TPSA) is 71.8 Å². The number of nitrogens with one attached hydrogen (secondary N) is 1. The van der Waals surface area contributed by atoms with E-state index in [1.54, 1.807) is 36.3 Å². The monoisotopic (exact) mass is 302 g/mol. The van der Waals surface area contributed by atoms with Crippen LogP contribution in [0, 0.1) is 0 Å². The van der Waals surface area contributed by atoms with Crippen molar-refractivity contribution in [2.24, 2.45) is 0 Å². The van der Waals surface area contributed by atoms with Crippen LogP contribution in [0.3, 0.4) is 0 Å². The Morgan fingerprint density at radius 3 is 2.73 bits per heavy atom. The molecular weight excluding hydrogens is 284 g/mol. The molecule has 1 aromatic carbocycles. The average molecular weight is 302 g/mol. The Hall–Kier alpha value is -2.76. The number of amides is 2. The Kier molecular flexibility index (Phi) is 5.19. The maximum Gasteiger partial charge on any atom is 0.287 e. The zero-order valence-corrected chi connectivity index (χ0v) is 12.5. The molecule has 0 aliphatic rings.